The van der Waals surface area contributed by atoms with Gasteiger partial charge in [-0.3, -0.25) is 0 Å². The lowest BCUT2D eigenvalue weighted by Crippen LogP contribution is -2.51. The molecule has 3 aliphatic heterocycles. The number of β-amino-alcohol motifs (C(OH)–C–C–N with tert-alkyl or cyclic N) is 1. The van der Waals surface area contributed by atoms with Crippen LogP contribution in [0.25, 0.3) is 15.9 Å². The van der Waals surface area contributed by atoms with Crippen LogP contribution in [-0.2, 0) is 36.4 Å². The number of carbonyl (C=O) groups excluding carboxylic acids is 1. The maximum atomic E-state index is 14.8. The zero-order valence-electron chi connectivity index (χ0n) is 32.0. The second-order valence-corrected chi connectivity index (χ2v) is 18.9. The van der Waals surface area contributed by atoms with Gasteiger partial charge in [-0.2, -0.15) is 21.1 Å². The quantitative estimate of drug-likeness (QED) is 0.215. The van der Waals surface area contributed by atoms with Crippen molar-refractivity contribution < 1.29 is 41.3 Å². The van der Waals surface area contributed by atoms with Crippen molar-refractivity contribution >= 4 is 45.0 Å². The van der Waals surface area contributed by atoms with E-state index >= 15 is 0 Å². The van der Waals surface area contributed by atoms with Crippen LogP contribution >= 0.6 is 11.8 Å². The Morgan fingerprint density at radius 1 is 1.16 bits per heavy atom. The maximum Gasteiger partial charge on any atom is 0.407 e. The molecule has 1 saturated carbocycles. The number of aliphatic hydroxyl groups is 1. The molecule has 3 N–H and O–H groups in total. The Balaban J connectivity index is 1.16. The molecule has 0 unspecified atom stereocenters. The first-order chi connectivity index (χ1) is 27.0. The van der Waals surface area contributed by atoms with Gasteiger partial charge in [-0.25, -0.2) is 17.6 Å². The van der Waals surface area contributed by atoms with Crippen molar-refractivity contribution in [1.82, 2.24) is 14.6 Å². The Morgan fingerprint density at radius 3 is 2.70 bits per heavy atom. The average molecular weight is 815 g/mol. The van der Waals surface area contributed by atoms with E-state index in [0.717, 1.165) is 37.9 Å². The van der Waals surface area contributed by atoms with Gasteiger partial charge in [0, 0.05) is 36.9 Å². The molecule has 0 spiro atoms. The predicted octanol–water partition coefficient (Wildman–Crippen LogP) is 6.55. The third-order valence-corrected chi connectivity index (χ3v) is 14.5. The lowest BCUT2D eigenvalue weighted by atomic mass is 9.83. The van der Waals surface area contributed by atoms with Gasteiger partial charge in [0.15, 0.2) is 11.9 Å². The molecule has 4 heterocycles. The van der Waals surface area contributed by atoms with Gasteiger partial charge < -0.3 is 34.4 Å². The Labute approximate surface area is 332 Å². The number of ether oxygens (including phenoxy) is 3. The number of fused-ring (bicyclic) bond motifs is 2. The first kappa shape index (κ1) is 40.7. The van der Waals surface area contributed by atoms with Crippen LogP contribution in [0.15, 0.2) is 45.7 Å². The van der Waals surface area contributed by atoms with Crippen LogP contribution in [0.2, 0.25) is 0 Å². The van der Waals surface area contributed by atoms with E-state index in [1.165, 1.54) is 16.4 Å². The van der Waals surface area contributed by atoms with Gasteiger partial charge in [0.1, 0.15) is 30.0 Å². The zero-order valence-corrected chi connectivity index (χ0v) is 33.7. The first-order valence-corrected chi connectivity index (χ1v) is 22.4. The van der Waals surface area contributed by atoms with Gasteiger partial charge in [-0.15, -0.1) is 0 Å². The molecule has 304 valence electrons. The van der Waals surface area contributed by atoms with Crippen LogP contribution in [-0.4, -0.2) is 97.1 Å². The number of thioether (sulfide) groups is 1. The fourth-order valence-corrected chi connectivity index (χ4v) is 11.5. The highest BCUT2D eigenvalue weighted by Gasteiger charge is 2.71. The van der Waals surface area contributed by atoms with Crippen molar-refractivity contribution in [2.45, 2.75) is 118 Å². The number of oxazole rings is 1. The number of hydrogen-bond acceptors (Lipinski definition) is 11. The van der Waals surface area contributed by atoms with E-state index in [9.17, 15) is 22.7 Å². The van der Waals surface area contributed by atoms with Gasteiger partial charge >= 0.3 is 11.6 Å². The Morgan fingerprint density at radius 2 is 1.93 bits per heavy atom. The van der Waals surface area contributed by atoms with E-state index in [0.29, 0.717) is 59.9 Å². The molecule has 0 radical (unpaired) electrons. The van der Waals surface area contributed by atoms with Crippen molar-refractivity contribution in [3.05, 3.63) is 58.2 Å². The van der Waals surface area contributed by atoms with Gasteiger partial charge in [0.05, 0.1) is 30.1 Å². The van der Waals surface area contributed by atoms with Crippen LogP contribution in [0.1, 0.15) is 76.3 Å². The number of anilines is 1. The molecule has 2 saturated heterocycles. The van der Waals surface area contributed by atoms with Gasteiger partial charge in [-0.05, 0) is 74.6 Å². The second kappa shape index (κ2) is 17.6. The van der Waals surface area contributed by atoms with Crippen LogP contribution in [0.4, 0.5) is 15.2 Å². The monoisotopic (exact) mass is 814 g/mol. The standard InChI is InChI=1S/C40H52FN5O8S2/c1-25(2)43-38-44-31-19-27-23-55-17-9-7-5-4-6-8-15-46(56(49,50)35(27)20-33(31)53-38)22-32(47)30(18-26-10-12-28(41)13-11-26)45-39(48)54-34-21-40(42-3)24-52-37-36(40)29(34)14-16-51-37/h3,10-13,19-20,25,29-30,32,34,36-37,47H,4-9,14-18,21-24H2,1-2H3,(H-,43,44,45,48)/p+1/t29-,30-,32+,34-,36+,37+,40+/m0/s1. The topological polar surface area (TPSA) is 157 Å². The predicted molar refractivity (Wildman–Crippen MR) is 212 cm³/mol. The highest BCUT2D eigenvalue weighted by molar-refractivity contribution is 7.98. The van der Waals surface area contributed by atoms with Crippen molar-refractivity contribution in [2.24, 2.45) is 11.8 Å². The minimum absolute atomic E-state index is 0.0567. The molecular formula is C40H53FN5O8S2+. The summed E-state index contributed by atoms with van der Waals surface area (Å²) in [7, 11) is -4.21. The fraction of sp³-hybridized carbons (Fsp3) is 0.625. The summed E-state index contributed by atoms with van der Waals surface area (Å²) in [6, 6.07) is 8.46. The second-order valence-electron chi connectivity index (χ2n) is 15.8. The van der Waals surface area contributed by atoms with E-state index in [2.05, 4.69) is 20.5 Å². The molecule has 3 fully saturated rings. The molecule has 16 heteroatoms. The van der Waals surface area contributed by atoms with Crippen molar-refractivity contribution in [2.75, 3.05) is 37.4 Å². The molecule has 7 rings (SSSR count). The van der Waals surface area contributed by atoms with Gasteiger partial charge in [-0.1, -0.05) is 42.7 Å². The zero-order chi connectivity index (χ0) is 39.5. The van der Waals surface area contributed by atoms with Crippen LogP contribution in [0.5, 0.6) is 0 Å². The number of hydrogen-bond donors (Lipinski definition) is 3. The molecule has 1 amide bonds. The SMILES string of the molecule is C#[N+][C@]12CO[C@H]3OCC[C@H]([C@H]31)[C@@H](OC(=O)N[C@@H](Cc1ccc(F)cc1)[C@H](O)CN1CCCCCCCCSCc3cc4nc(NC(C)C)oc4cc3S1(=O)=O)C2. The highest BCUT2D eigenvalue weighted by atomic mass is 32.2. The number of carbonyl (C=O) groups is 1. The molecule has 13 nitrogen and oxygen atoms in total. The van der Waals surface area contributed by atoms with Crippen molar-refractivity contribution in [1.29, 1.82) is 0 Å². The van der Waals surface area contributed by atoms with E-state index in [4.69, 9.17) is 25.2 Å². The number of aliphatic hydroxyl groups excluding tert-OH is 1. The number of aromatic nitrogens is 1. The summed E-state index contributed by atoms with van der Waals surface area (Å²) >= 11 is 1.68. The summed E-state index contributed by atoms with van der Waals surface area (Å²) < 4.78 is 68.5. The number of nitrogens with zero attached hydrogens (tertiary/aromatic N) is 3. The average Bonchev–Trinajstić information content (AvgIpc) is 3.84. The van der Waals surface area contributed by atoms with Crippen molar-refractivity contribution in [3.63, 3.8) is 0 Å². The molecule has 4 aliphatic rings. The number of benzene rings is 2. The summed E-state index contributed by atoms with van der Waals surface area (Å²) in [5.74, 6) is 0.705. The number of nitrogens with one attached hydrogen (secondary N) is 2. The summed E-state index contributed by atoms with van der Waals surface area (Å²) in [5.41, 5.74) is 1.42. The Bertz CT molecular complexity index is 1990. The molecular weight excluding hydrogens is 762 g/mol. The molecule has 1 aromatic heterocycles. The van der Waals surface area contributed by atoms with E-state index < -0.39 is 52.0 Å². The number of rotatable bonds is 9. The molecule has 1 aliphatic carbocycles. The lowest BCUT2D eigenvalue weighted by molar-refractivity contribution is -0.173. The molecule has 2 aromatic carbocycles. The maximum absolute atomic E-state index is 14.8. The third-order valence-electron chi connectivity index (χ3n) is 11.5. The highest BCUT2D eigenvalue weighted by Crippen LogP contribution is 2.54. The van der Waals surface area contributed by atoms with E-state index in [1.807, 2.05) is 13.8 Å². The Kier molecular flexibility index (Phi) is 12.8. The van der Waals surface area contributed by atoms with Gasteiger partial charge in [0.2, 0.25) is 10.0 Å². The van der Waals surface area contributed by atoms with Crippen LogP contribution in [0.3, 0.4) is 0 Å². The molecule has 0 bridgehead atoms. The number of amides is 1. The smallest absolute Gasteiger partial charge is 0.407 e. The van der Waals surface area contributed by atoms with Crippen LogP contribution in [0, 0.1) is 24.2 Å². The summed E-state index contributed by atoms with van der Waals surface area (Å²) in [6.45, 7) is 10.4. The number of halogens is 1. The molecule has 56 heavy (non-hydrogen) atoms. The fourth-order valence-electron chi connectivity index (χ4n) is 8.66. The summed E-state index contributed by atoms with van der Waals surface area (Å²) in [5, 5.41) is 18.0. The van der Waals surface area contributed by atoms with Crippen LogP contribution < -0.4 is 10.6 Å². The van der Waals surface area contributed by atoms with Gasteiger partial charge in [0.25, 0.3) is 12.6 Å². The molecule has 3 aromatic rings. The normalized spacial score (nSPS) is 28.1. The van der Waals surface area contributed by atoms with Crippen molar-refractivity contribution in [3.8, 4) is 6.57 Å². The first-order valence-electron chi connectivity index (χ1n) is 19.8. The third kappa shape index (κ3) is 8.98. The lowest BCUT2D eigenvalue weighted by Gasteiger charge is -2.32. The Hall–Kier alpha value is -3.46. The summed E-state index contributed by atoms with van der Waals surface area (Å²) in [4.78, 5) is 22.6. The number of alkyl carbamates (subject to hydrolysis) is 1. The summed E-state index contributed by atoms with van der Waals surface area (Å²) in [6.07, 6.45) is 3.59. The number of sulfonamides is 1. The molecule has 7 atom stereocenters. The van der Waals surface area contributed by atoms with E-state index in [-0.39, 0.29) is 48.9 Å². The minimum Gasteiger partial charge on any atom is -0.446 e. The van der Waals surface area contributed by atoms with E-state index in [1.54, 1.807) is 36.0 Å². The minimum atomic E-state index is -4.21. The largest absolute Gasteiger partial charge is 0.446 e.